The standard InChI is InChI=1S/C14H21N3O3/c1-10-4-3-7-14(19,8-10)9-15-12-6-5-11(16-17-12)13(18)20-2/h5-6,10,19H,3-4,7-9H2,1-2H3,(H,15,17). The summed E-state index contributed by atoms with van der Waals surface area (Å²) in [5.74, 6) is 0.580. The monoisotopic (exact) mass is 279 g/mol. The molecule has 20 heavy (non-hydrogen) atoms. The lowest BCUT2D eigenvalue weighted by molar-refractivity contribution is -0.000851. The number of carbonyl (C=O) groups excluding carboxylic acids is 1. The molecule has 1 fully saturated rings. The third-order valence-corrected chi connectivity index (χ3v) is 3.73. The highest BCUT2D eigenvalue weighted by Gasteiger charge is 2.32. The van der Waals surface area contributed by atoms with Gasteiger partial charge in [-0.1, -0.05) is 19.8 Å². The lowest BCUT2D eigenvalue weighted by Gasteiger charge is -2.35. The number of rotatable bonds is 4. The molecule has 2 unspecified atom stereocenters. The third-order valence-electron chi connectivity index (χ3n) is 3.73. The minimum atomic E-state index is -0.680. The van der Waals surface area contributed by atoms with Gasteiger partial charge in [-0.2, -0.15) is 0 Å². The Morgan fingerprint density at radius 1 is 1.55 bits per heavy atom. The van der Waals surface area contributed by atoms with Crippen LogP contribution in [0.5, 0.6) is 0 Å². The first-order valence-electron chi connectivity index (χ1n) is 6.91. The molecule has 6 heteroatoms. The molecule has 1 saturated carbocycles. The van der Waals surface area contributed by atoms with Crippen molar-refractivity contribution in [1.29, 1.82) is 0 Å². The van der Waals surface area contributed by atoms with Crippen molar-refractivity contribution in [3.63, 3.8) is 0 Å². The van der Waals surface area contributed by atoms with Gasteiger partial charge in [0.25, 0.3) is 0 Å². The molecule has 0 radical (unpaired) electrons. The summed E-state index contributed by atoms with van der Waals surface area (Å²) in [5, 5.41) is 21.3. The number of hydrogen-bond acceptors (Lipinski definition) is 6. The molecule has 0 amide bonds. The van der Waals surface area contributed by atoms with Crippen LogP contribution in [0, 0.1) is 5.92 Å². The molecule has 1 aliphatic carbocycles. The number of aromatic nitrogens is 2. The van der Waals surface area contributed by atoms with E-state index in [0.29, 0.717) is 18.3 Å². The summed E-state index contributed by atoms with van der Waals surface area (Å²) in [6.07, 6.45) is 3.83. The zero-order chi connectivity index (χ0) is 14.6. The van der Waals surface area contributed by atoms with Gasteiger partial charge < -0.3 is 15.2 Å². The van der Waals surface area contributed by atoms with Crippen LogP contribution in [0.1, 0.15) is 43.1 Å². The molecule has 0 saturated heterocycles. The molecule has 1 aromatic heterocycles. The molecule has 2 rings (SSSR count). The molecule has 0 aliphatic heterocycles. The van der Waals surface area contributed by atoms with Crippen LogP contribution in [0.25, 0.3) is 0 Å². The van der Waals surface area contributed by atoms with Crippen molar-refractivity contribution in [3.8, 4) is 0 Å². The fraction of sp³-hybridized carbons (Fsp3) is 0.643. The van der Waals surface area contributed by atoms with Crippen molar-refractivity contribution in [2.24, 2.45) is 5.92 Å². The molecule has 1 aliphatic rings. The summed E-state index contributed by atoms with van der Waals surface area (Å²) >= 11 is 0. The summed E-state index contributed by atoms with van der Waals surface area (Å²) in [7, 11) is 1.30. The Morgan fingerprint density at radius 2 is 2.35 bits per heavy atom. The lowest BCUT2D eigenvalue weighted by atomic mass is 9.79. The second-order valence-electron chi connectivity index (χ2n) is 5.57. The smallest absolute Gasteiger partial charge is 0.358 e. The topological polar surface area (TPSA) is 84.3 Å². The predicted octanol–water partition coefficient (Wildman–Crippen LogP) is 1.62. The Bertz CT molecular complexity index is 463. The van der Waals surface area contributed by atoms with Crippen LogP contribution < -0.4 is 5.32 Å². The summed E-state index contributed by atoms with van der Waals surface area (Å²) in [6.45, 7) is 2.61. The van der Waals surface area contributed by atoms with E-state index in [9.17, 15) is 9.90 Å². The number of methoxy groups -OCH3 is 1. The Hall–Kier alpha value is -1.69. The number of carbonyl (C=O) groups is 1. The SMILES string of the molecule is COC(=O)c1ccc(NCC2(O)CCCC(C)C2)nn1. The molecule has 1 aromatic rings. The molecular formula is C14H21N3O3. The average molecular weight is 279 g/mol. The minimum Gasteiger partial charge on any atom is -0.464 e. The molecule has 6 nitrogen and oxygen atoms in total. The average Bonchev–Trinajstić information content (AvgIpc) is 2.45. The number of nitrogens with one attached hydrogen (secondary N) is 1. The molecule has 1 heterocycles. The summed E-state index contributed by atoms with van der Waals surface area (Å²) in [5.41, 5.74) is -0.511. The van der Waals surface area contributed by atoms with E-state index in [1.165, 1.54) is 13.5 Å². The van der Waals surface area contributed by atoms with E-state index in [-0.39, 0.29) is 5.69 Å². The van der Waals surface area contributed by atoms with Gasteiger partial charge in [-0.05, 0) is 30.9 Å². The second kappa shape index (κ2) is 6.17. The third kappa shape index (κ3) is 3.66. The second-order valence-corrected chi connectivity index (χ2v) is 5.57. The van der Waals surface area contributed by atoms with Crippen molar-refractivity contribution >= 4 is 11.8 Å². The Kier molecular flexibility index (Phi) is 4.54. The normalized spacial score (nSPS) is 26.1. The summed E-state index contributed by atoms with van der Waals surface area (Å²) < 4.78 is 4.56. The van der Waals surface area contributed by atoms with Crippen molar-refractivity contribution in [1.82, 2.24) is 10.2 Å². The van der Waals surface area contributed by atoms with Crippen LogP contribution in [0.4, 0.5) is 5.82 Å². The highest BCUT2D eigenvalue weighted by molar-refractivity contribution is 5.86. The highest BCUT2D eigenvalue weighted by atomic mass is 16.5. The van der Waals surface area contributed by atoms with Crippen molar-refractivity contribution in [2.45, 2.75) is 38.2 Å². The van der Waals surface area contributed by atoms with Gasteiger partial charge in [-0.3, -0.25) is 0 Å². The van der Waals surface area contributed by atoms with E-state index in [2.05, 4.69) is 27.2 Å². The molecule has 2 atom stereocenters. The highest BCUT2D eigenvalue weighted by Crippen LogP contribution is 2.32. The zero-order valence-electron chi connectivity index (χ0n) is 11.9. The van der Waals surface area contributed by atoms with Gasteiger partial charge in [0, 0.05) is 6.54 Å². The fourth-order valence-corrected chi connectivity index (χ4v) is 2.69. The van der Waals surface area contributed by atoms with Crippen LogP contribution in [-0.2, 0) is 4.74 Å². The molecule has 0 spiro atoms. The maximum absolute atomic E-state index is 11.2. The van der Waals surface area contributed by atoms with Crippen molar-refractivity contribution in [3.05, 3.63) is 17.8 Å². The van der Waals surface area contributed by atoms with Crippen LogP contribution in [-0.4, -0.2) is 40.5 Å². The number of hydrogen-bond donors (Lipinski definition) is 2. The molecule has 0 bridgehead atoms. The van der Waals surface area contributed by atoms with Gasteiger partial charge in [-0.15, -0.1) is 10.2 Å². The van der Waals surface area contributed by atoms with E-state index in [1.807, 2.05) is 0 Å². The number of nitrogens with zero attached hydrogens (tertiary/aromatic N) is 2. The minimum absolute atomic E-state index is 0.169. The van der Waals surface area contributed by atoms with Crippen molar-refractivity contribution in [2.75, 3.05) is 19.0 Å². The molecule has 2 N–H and O–H groups in total. The number of aliphatic hydroxyl groups is 1. The first kappa shape index (κ1) is 14.7. The van der Waals surface area contributed by atoms with Crippen LogP contribution in [0.15, 0.2) is 12.1 Å². The van der Waals surface area contributed by atoms with E-state index in [4.69, 9.17) is 0 Å². The lowest BCUT2D eigenvalue weighted by Crippen LogP contribution is -2.41. The van der Waals surface area contributed by atoms with Crippen molar-refractivity contribution < 1.29 is 14.6 Å². The van der Waals surface area contributed by atoms with Gasteiger partial charge in [-0.25, -0.2) is 4.79 Å². The van der Waals surface area contributed by atoms with Gasteiger partial charge in [0.1, 0.15) is 5.82 Å². The summed E-state index contributed by atoms with van der Waals surface area (Å²) in [6, 6.07) is 3.21. The molecule has 0 aromatic carbocycles. The van der Waals surface area contributed by atoms with Crippen LogP contribution in [0.2, 0.25) is 0 Å². The number of anilines is 1. The maximum atomic E-state index is 11.2. The summed E-state index contributed by atoms with van der Waals surface area (Å²) in [4.78, 5) is 11.2. The maximum Gasteiger partial charge on any atom is 0.358 e. The molecule has 110 valence electrons. The first-order chi connectivity index (χ1) is 9.52. The van der Waals surface area contributed by atoms with E-state index < -0.39 is 11.6 Å². The number of esters is 1. The number of ether oxygens (including phenoxy) is 1. The Balaban J connectivity index is 1.92. The van der Waals surface area contributed by atoms with E-state index in [0.717, 1.165) is 19.3 Å². The van der Waals surface area contributed by atoms with Gasteiger partial charge in [0.05, 0.1) is 12.7 Å². The van der Waals surface area contributed by atoms with Crippen LogP contribution in [0.3, 0.4) is 0 Å². The van der Waals surface area contributed by atoms with E-state index in [1.54, 1.807) is 12.1 Å². The van der Waals surface area contributed by atoms with Crippen LogP contribution >= 0.6 is 0 Å². The first-order valence-corrected chi connectivity index (χ1v) is 6.91. The Morgan fingerprint density at radius 3 is 2.95 bits per heavy atom. The van der Waals surface area contributed by atoms with E-state index >= 15 is 0 Å². The Labute approximate surface area is 118 Å². The largest absolute Gasteiger partial charge is 0.464 e. The van der Waals surface area contributed by atoms with Gasteiger partial charge in [0.15, 0.2) is 5.69 Å². The quantitative estimate of drug-likeness (QED) is 0.815. The van der Waals surface area contributed by atoms with Gasteiger partial charge in [0.2, 0.25) is 0 Å². The molecular weight excluding hydrogens is 258 g/mol. The zero-order valence-corrected chi connectivity index (χ0v) is 11.9. The van der Waals surface area contributed by atoms with Gasteiger partial charge >= 0.3 is 5.97 Å². The fourth-order valence-electron chi connectivity index (χ4n) is 2.69. The predicted molar refractivity (Wildman–Crippen MR) is 74.4 cm³/mol.